The van der Waals surface area contributed by atoms with Crippen molar-refractivity contribution < 1.29 is 34.3 Å². The van der Waals surface area contributed by atoms with Crippen LogP contribution in [0.1, 0.15) is 44.5 Å². The minimum atomic E-state index is -0.232. The van der Waals surface area contributed by atoms with Crippen molar-refractivity contribution in [2.75, 3.05) is 28.4 Å². The summed E-state index contributed by atoms with van der Waals surface area (Å²) in [6.45, 7) is 1.32. The van der Waals surface area contributed by atoms with Crippen LogP contribution < -0.4 is 18.9 Å². The van der Waals surface area contributed by atoms with E-state index in [1.807, 2.05) is 55.5 Å². The molecule has 0 spiro atoms. The Labute approximate surface area is 217 Å². The lowest BCUT2D eigenvalue weighted by Crippen LogP contribution is -1.99. The largest absolute Gasteiger partial charge is 0.496 e. The summed E-state index contributed by atoms with van der Waals surface area (Å²) < 4.78 is 21.9. The van der Waals surface area contributed by atoms with Crippen LogP contribution in [0.25, 0.3) is 24.3 Å². The summed E-state index contributed by atoms with van der Waals surface area (Å²) in [5.41, 5.74) is 6.08. The molecule has 0 atom stereocenters. The molecule has 37 heavy (non-hydrogen) atoms. The number of ether oxygens (including phenoxy) is 4. The summed E-state index contributed by atoms with van der Waals surface area (Å²) in [5.74, 6) is 2.59. The van der Waals surface area contributed by atoms with Crippen LogP contribution >= 0.6 is 0 Å². The molecule has 0 unspecified atom stereocenters. The van der Waals surface area contributed by atoms with Crippen LogP contribution in [0.3, 0.4) is 0 Å². The van der Waals surface area contributed by atoms with Crippen LogP contribution in [0.15, 0.2) is 36.4 Å². The summed E-state index contributed by atoms with van der Waals surface area (Å²) >= 11 is 0. The molecular formula is C30H34O7. The summed E-state index contributed by atoms with van der Waals surface area (Å²) in [7, 11) is 6.36. The molecule has 3 aromatic rings. The summed E-state index contributed by atoms with van der Waals surface area (Å²) in [4.78, 5) is 0. The molecule has 0 aliphatic rings. The Bertz CT molecular complexity index is 1240. The smallest absolute Gasteiger partial charge is 0.126 e. The average Bonchev–Trinajstić information content (AvgIpc) is 2.94. The van der Waals surface area contributed by atoms with Gasteiger partial charge in [-0.15, -0.1) is 0 Å². The van der Waals surface area contributed by atoms with E-state index in [1.54, 1.807) is 33.5 Å². The lowest BCUT2D eigenvalue weighted by Gasteiger charge is -2.13. The van der Waals surface area contributed by atoms with E-state index < -0.39 is 0 Å². The fraction of sp³-hybridized carbons (Fsp3) is 0.267. The number of hydrogen-bond acceptors (Lipinski definition) is 7. The Kier molecular flexibility index (Phi) is 9.74. The van der Waals surface area contributed by atoms with Gasteiger partial charge in [-0.3, -0.25) is 0 Å². The normalized spacial score (nSPS) is 11.4. The third-order valence-electron chi connectivity index (χ3n) is 6.22. The highest BCUT2D eigenvalue weighted by Crippen LogP contribution is 2.32. The lowest BCUT2D eigenvalue weighted by atomic mass is 9.99. The first-order valence-corrected chi connectivity index (χ1v) is 11.7. The zero-order valence-electron chi connectivity index (χ0n) is 21.9. The summed E-state index contributed by atoms with van der Waals surface area (Å²) in [6.07, 6.45) is 7.63. The highest BCUT2D eigenvalue weighted by molar-refractivity contribution is 5.79. The maximum Gasteiger partial charge on any atom is 0.126 e. The Balaban J connectivity index is 2.03. The van der Waals surface area contributed by atoms with Crippen LogP contribution in [0.5, 0.6) is 23.0 Å². The molecule has 0 fully saturated rings. The first kappa shape index (κ1) is 27.8. The second kappa shape index (κ2) is 13.0. The van der Waals surface area contributed by atoms with Crippen molar-refractivity contribution in [3.63, 3.8) is 0 Å². The molecule has 0 saturated heterocycles. The van der Waals surface area contributed by atoms with Gasteiger partial charge >= 0.3 is 0 Å². The standard InChI is InChI=1S/C30H34O7/c1-19-27(34-2)11-21(12-28(19)35-3)7-9-23-14-22(24(16-31)15-29(23)36-4)8-6-20-10-25(17-32)26(18-33)30(13-20)37-5/h6-15,31-33H,16-18H2,1-5H3/b8-6+,9-7+. The molecule has 0 saturated carbocycles. The van der Waals surface area contributed by atoms with Crippen LogP contribution in [0.4, 0.5) is 0 Å². The van der Waals surface area contributed by atoms with Crippen LogP contribution in [-0.2, 0) is 19.8 Å². The number of aliphatic hydroxyl groups excluding tert-OH is 3. The first-order chi connectivity index (χ1) is 17.9. The topological polar surface area (TPSA) is 97.6 Å². The molecule has 0 amide bonds. The maximum atomic E-state index is 9.99. The highest BCUT2D eigenvalue weighted by Gasteiger charge is 2.11. The predicted molar refractivity (Wildman–Crippen MR) is 146 cm³/mol. The van der Waals surface area contributed by atoms with E-state index in [0.717, 1.165) is 39.3 Å². The van der Waals surface area contributed by atoms with Gasteiger partial charge in [0.25, 0.3) is 0 Å². The van der Waals surface area contributed by atoms with Crippen molar-refractivity contribution in [2.45, 2.75) is 26.7 Å². The molecule has 0 aromatic heterocycles. The molecule has 0 radical (unpaired) electrons. The van der Waals surface area contributed by atoms with Gasteiger partial charge in [0.1, 0.15) is 23.0 Å². The van der Waals surface area contributed by atoms with Gasteiger partial charge in [-0.05, 0) is 71.1 Å². The second-order valence-corrected chi connectivity index (χ2v) is 8.35. The minimum Gasteiger partial charge on any atom is -0.496 e. The van der Waals surface area contributed by atoms with E-state index in [2.05, 4.69) is 0 Å². The van der Waals surface area contributed by atoms with Gasteiger partial charge in [-0.2, -0.15) is 0 Å². The second-order valence-electron chi connectivity index (χ2n) is 8.35. The summed E-state index contributed by atoms with van der Waals surface area (Å²) in [6, 6.07) is 11.2. The number of methoxy groups -OCH3 is 4. The van der Waals surface area contributed by atoms with E-state index in [4.69, 9.17) is 18.9 Å². The van der Waals surface area contributed by atoms with Crippen molar-refractivity contribution in [1.29, 1.82) is 0 Å². The fourth-order valence-corrected chi connectivity index (χ4v) is 4.16. The third-order valence-corrected chi connectivity index (χ3v) is 6.22. The van der Waals surface area contributed by atoms with Crippen molar-refractivity contribution in [3.05, 3.63) is 80.9 Å². The van der Waals surface area contributed by atoms with Gasteiger partial charge in [-0.1, -0.05) is 24.3 Å². The number of rotatable bonds is 11. The maximum absolute atomic E-state index is 9.99. The van der Waals surface area contributed by atoms with Gasteiger partial charge in [0.2, 0.25) is 0 Å². The number of benzene rings is 3. The van der Waals surface area contributed by atoms with E-state index in [0.29, 0.717) is 28.2 Å². The molecule has 0 bridgehead atoms. The van der Waals surface area contributed by atoms with Gasteiger partial charge in [0.15, 0.2) is 0 Å². The van der Waals surface area contributed by atoms with Crippen molar-refractivity contribution >= 4 is 24.3 Å². The molecule has 3 aromatic carbocycles. The molecule has 0 heterocycles. The van der Waals surface area contributed by atoms with Gasteiger partial charge in [-0.25, -0.2) is 0 Å². The van der Waals surface area contributed by atoms with E-state index >= 15 is 0 Å². The molecule has 3 N–H and O–H groups in total. The van der Waals surface area contributed by atoms with E-state index in [-0.39, 0.29) is 19.8 Å². The Morgan fingerprint density at radius 2 is 1.05 bits per heavy atom. The van der Waals surface area contributed by atoms with Crippen molar-refractivity contribution in [1.82, 2.24) is 0 Å². The van der Waals surface area contributed by atoms with Crippen molar-refractivity contribution in [3.8, 4) is 23.0 Å². The molecule has 7 heteroatoms. The molecule has 3 rings (SSSR count). The van der Waals surface area contributed by atoms with Gasteiger partial charge < -0.3 is 34.3 Å². The zero-order chi connectivity index (χ0) is 26.9. The Morgan fingerprint density at radius 1 is 0.541 bits per heavy atom. The number of aliphatic hydroxyl groups is 3. The average molecular weight is 507 g/mol. The molecular weight excluding hydrogens is 472 g/mol. The van der Waals surface area contributed by atoms with Crippen LogP contribution in [0.2, 0.25) is 0 Å². The van der Waals surface area contributed by atoms with E-state index in [1.165, 1.54) is 7.11 Å². The monoisotopic (exact) mass is 506 g/mol. The number of hydrogen-bond donors (Lipinski definition) is 3. The Morgan fingerprint density at radius 3 is 1.57 bits per heavy atom. The van der Waals surface area contributed by atoms with Crippen LogP contribution in [0, 0.1) is 6.92 Å². The molecule has 0 aliphatic carbocycles. The predicted octanol–water partition coefficient (Wildman–Crippen LogP) is 4.85. The van der Waals surface area contributed by atoms with Crippen molar-refractivity contribution in [2.24, 2.45) is 0 Å². The zero-order valence-corrected chi connectivity index (χ0v) is 21.9. The first-order valence-electron chi connectivity index (χ1n) is 11.7. The minimum absolute atomic E-state index is 0.166. The quantitative estimate of drug-likeness (QED) is 0.320. The SMILES string of the molecule is COc1cc(CO)c(/C=C/c2cc(CO)c(CO)c(OC)c2)cc1/C=C/c1cc(OC)c(C)c(OC)c1. The van der Waals surface area contributed by atoms with Gasteiger partial charge in [0, 0.05) is 16.7 Å². The van der Waals surface area contributed by atoms with Crippen LogP contribution in [-0.4, -0.2) is 43.8 Å². The molecule has 0 aliphatic heterocycles. The molecule has 196 valence electrons. The highest BCUT2D eigenvalue weighted by atomic mass is 16.5. The van der Waals surface area contributed by atoms with Gasteiger partial charge in [0.05, 0.1) is 48.3 Å². The lowest BCUT2D eigenvalue weighted by molar-refractivity contribution is 0.254. The molecule has 7 nitrogen and oxygen atoms in total. The third kappa shape index (κ3) is 6.32. The fourth-order valence-electron chi connectivity index (χ4n) is 4.16. The summed E-state index contributed by atoms with van der Waals surface area (Å²) in [5, 5.41) is 29.4. The Hall–Kier alpha value is -3.78. The van der Waals surface area contributed by atoms with E-state index in [9.17, 15) is 15.3 Å².